The molecule has 0 unspecified atom stereocenters. The predicted octanol–water partition coefficient (Wildman–Crippen LogP) is 2.11. The second-order valence-electron chi connectivity index (χ2n) is 5.66. The van der Waals surface area contributed by atoms with Crippen LogP contribution in [0.5, 0.6) is 0 Å². The molecule has 0 spiro atoms. The first-order valence-electron chi connectivity index (χ1n) is 7.54. The third-order valence-corrected chi connectivity index (χ3v) is 3.90. The van der Waals surface area contributed by atoms with Gasteiger partial charge in [-0.15, -0.1) is 0 Å². The molecule has 23 heavy (non-hydrogen) atoms. The van der Waals surface area contributed by atoms with Crippen LogP contribution in [0, 0.1) is 6.92 Å². The first kappa shape index (κ1) is 15.3. The summed E-state index contributed by atoms with van der Waals surface area (Å²) in [4.78, 5) is 26.1. The summed E-state index contributed by atoms with van der Waals surface area (Å²) in [6, 6.07) is 9.54. The number of rotatable bonds is 3. The summed E-state index contributed by atoms with van der Waals surface area (Å²) >= 11 is 0. The summed E-state index contributed by atoms with van der Waals surface area (Å²) in [7, 11) is 0. The molecule has 1 amide bonds. The van der Waals surface area contributed by atoms with Crippen LogP contribution in [0.4, 0.5) is 0 Å². The van der Waals surface area contributed by atoms with E-state index in [1.165, 1.54) is 11.6 Å². The fourth-order valence-corrected chi connectivity index (χ4v) is 2.67. The van der Waals surface area contributed by atoms with Crippen LogP contribution < -0.4 is 0 Å². The van der Waals surface area contributed by atoms with Crippen molar-refractivity contribution in [3.63, 3.8) is 0 Å². The van der Waals surface area contributed by atoms with Gasteiger partial charge in [0.15, 0.2) is 6.10 Å². The summed E-state index contributed by atoms with van der Waals surface area (Å²) in [6.07, 6.45) is -0.0534. The fourth-order valence-electron chi connectivity index (χ4n) is 2.67. The molecule has 0 aliphatic carbocycles. The van der Waals surface area contributed by atoms with Gasteiger partial charge in [-0.2, -0.15) is 0 Å². The lowest BCUT2D eigenvalue weighted by molar-refractivity contribution is -0.140. The molecule has 6 heteroatoms. The number of carbonyl (C=O) groups is 2. The van der Waals surface area contributed by atoms with Crippen molar-refractivity contribution < 1.29 is 18.8 Å². The SMILES string of the molecule is Cc1cc(C(=O)O[C@H](C)C(=O)N2CCc3ccccc3C2)on1. The van der Waals surface area contributed by atoms with Gasteiger partial charge in [-0.05, 0) is 31.4 Å². The zero-order valence-corrected chi connectivity index (χ0v) is 13.1. The van der Waals surface area contributed by atoms with E-state index in [1.807, 2.05) is 18.2 Å². The Balaban J connectivity index is 1.63. The highest BCUT2D eigenvalue weighted by Crippen LogP contribution is 2.19. The highest BCUT2D eigenvalue weighted by molar-refractivity contribution is 5.90. The number of hydrogen-bond acceptors (Lipinski definition) is 5. The lowest BCUT2D eigenvalue weighted by Crippen LogP contribution is -2.42. The predicted molar refractivity (Wildman–Crippen MR) is 81.7 cm³/mol. The fraction of sp³-hybridized carbons (Fsp3) is 0.353. The number of fused-ring (bicyclic) bond motifs is 1. The Morgan fingerprint density at radius 3 is 2.74 bits per heavy atom. The Labute approximate surface area is 134 Å². The van der Waals surface area contributed by atoms with Crippen molar-refractivity contribution in [1.29, 1.82) is 0 Å². The van der Waals surface area contributed by atoms with Crippen molar-refractivity contribution in [2.75, 3.05) is 6.54 Å². The van der Waals surface area contributed by atoms with Crippen LogP contribution in [0.2, 0.25) is 0 Å². The third-order valence-electron chi connectivity index (χ3n) is 3.90. The largest absolute Gasteiger partial charge is 0.447 e. The first-order chi connectivity index (χ1) is 11.0. The second kappa shape index (κ2) is 6.24. The van der Waals surface area contributed by atoms with E-state index in [0.29, 0.717) is 18.8 Å². The van der Waals surface area contributed by atoms with E-state index in [0.717, 1.165) is 12.0 Å². The Morgan fingerprint density at radius 1 is 1.30 bits per heavy atom. The minimum atomic E-state index is -0.863. The number of benzene rings is 1. The van der Waals surface area contributed by atoms with Gasteiger partial charge in [-0.25, -0.2) is 4.79 Å². The summed E-state index contributed by atoms with van der Waals surface area (Å²) in [6.45, 7) is 4.45. The molecule has 0 bridgehead atoms. The number of nitrogens with zero attached hydrogens (tertiary/aromatic N) is 2. The zero-order valence-electron chi connectivity index (χ0n) is 13.1. The number of amides is 1. The monoisotopic (exact) mass is 314 g/mol. The second-order valence-corrected chi connectivity index (χ2v) is 5.66. The van der Waals surface area contributed by atoms with Crippen LogP contribution >= 0.6 is 0 Å². The highest BCUT2D eigenvalue weighted by Gasteiger charge is 2.28. The molecule has 0 saturated heterocycles. The van der Waals surface area contributed by atoms with Crippen molar-refractivity contribution in [1.82, 2.24) is 10.1 Å². The minimum Gasteiger partial charge on any atom is -0.447 e. The molecular formula is C17H18N2O4. The van der Waals surface area contributed by atoms with Gasteiger partial charge in [0.05, 0.1) is 5.69 Å². The van der Waals surface area contributed by atoms with Crippen LogP contribution in [0.3, 0.4) is 0 Å². The number of esters is 1. The molecule has 0 saturated carbocycles. The van der Waals surface area contributed by atoms with E-state index in [4.69, 9.17) is 9.26 Å². The summed E-state index contributed by atoms with van der Waals surface area (Å²) in [5, 5.41) is 3.63. The molecule has 1 atom stereocenters. The average molecular weight is 314 g/mol. The van der Waals surface area contributed by atoms with Crippen molar-refractivity contribution in [2.24, 2.45) is 0 Å². The van der Waals surface area contributed by atoms with E-state index in [1.54, 1.807) is 18.7 Å². The molecule has 2 aromatic rings. The van der Waals surface area contributed by atoms with Gasteiger partial charge < -0.3 is 14.2 Å². The molecule has 1 aliphatic rings. The number of aromatic nitrogens is 1. The third kappa shape index (κ3) is 3.26. The lowest BCUT2D eigenvalue weighted by Gasteiger charge is -2.30. The Kier molecular flexibility index (Phi) is 4.14. The lowest BCUT2D eigenvalue weighted by atomic mass is 9.99. The quantitative estimate of drug-likeness (QED) is 0.811. The van der Waals surface area contributed by atoms with Gasteiger partial charge in [0.2, 0.25) is 5.76 Å². The Morgan fingerprint density at radius 2 is 2.04 bits per heavy atom. The van der Waals surface area contributed by atoms with Crippen LogP contribution in [0.25, 0.3) is 0 Å². The number of hydrogen-bond donors (Lipinski definition) is 0. The summed E-state index contributed by atoms with van der Waals surface area (Å²) in [5.41, 5.74) is 2.98. The molecule has 1 aliphatic heterocycles. The maximum absolute atomic E-state index is 12.5. The van der Waals surface area contributed by atoms with E-state index < -0.39 is 12.1 Å². The standard InChI is InChI=1S/C17H18N2O4/c1-11-9-15(23-18-11)17(21)22-12(2)16(20)19-8-7-13-5-3-4-6-14(13)10-19/h3-6,9,12H,7-8,10H2,1-2H3/t12-/m1/s1. The maximum Gasteiger partial charge on any atom is 0.377 e. The molecule has 0 N–H and O–H groups in total. The van der Waals surface area contributed by atoms with Crippen LogP contribution in [0.1, 0.15) is 34.3 Å². The maximum atomic E-state index is 12.5. The topological polar surface area (TPSA) is 72.6 Å². The van der Waals surface area contributed by atoms with E-state index >= 15 is 0 Å². The molecule has 0 fully saturated rings. The number of carbonyl (C=O) groups excluding carboxylic acids is 2. The van der Waals surface area contributed by atoms with Crippen molar-refractivity contribution in [3.05, 3.63) is 52.9 Å². The minimum absolute atomic E-state index is 0.00568. The summed E-state index contributed by atoms with van der Waals surface area (Å²) in [5.74, 6) is -0.876. The van der Waals surface area contributed by atoms with Crippen molar-refractivity contribution in [2.45, 2.75) is 32.9 Å². The van der Waals surface area contributed by atoms with E-state index in [9.17, 15) is 9.59 Å². The van der Waals surface area contributed by atoms with Crippen molar-refractivity contribution >= 4 is 11.9 Å². The normalized spacial score (nSPS) is 15.0. The van der Waals surface area contributed by atoms with Crippen LogP contribution in [-0.4, -0.2) is 34.6 Å². The Bertz CT molecular complexity index is 738. The molecule has 120 valence electrons. The summed E-state index contributed by atoms with van der Waals surface area (Å²) < 4.78 is 10.0. The molecule has 1 aromatic heterocycles. The van der Waals surface area contributed by atoms with Crippen LogP contribution in [0.15, 0.2) is 34.9 Å². The number of aryl methyl sites for hydroxylation is 1. The van der Waals surface area contributed by atoms with Gasteiger partial charge in [0.25, 0.3) is 5.91 Å². The van der Waals surface area contributed by atoms with Gasteiger partial charge in [0.1, 0.15) is 0 Å². The molecule has 1 aromatic carbocycles. The van der Waals surface area contributed by atoms with E-state index in [-0.39, 0.29) is 11.7 Å². The number of ether oxygens (including phenoxy) is 1. The van der Waals surface area contributed by atoms with Crippen LogP contribution in [-0.2, 0) is 22.5 Å². The van der Waals surface area contributed by atoms with Crippen molar-refractivity contribution in [3.8, 4) is 0 Å². The van der Waals surface area contributed by atoms with E-state index in [2.05, 4.69) is 11.2 Å². The molecule has 2 heterocycles. The van der Waals surface area contributed by atoms with Gasteiger partial charge >= 0.3 is 5.97 Å². The zero-order chi connectivity index (χ0) is 16.4. The van der Waals surface area contributed by atoms with Gasteiger partial charge in [0, 0.05) is 19.2 Å². The Hall–Kier alpha value is -2.63. The molecule has 0 radical (unpaired) electrons. The molecular weight excluding hydrogens is 296 g/mol. The smallest absolute Gasteiger partial charge is 0.377 e. The molecule has 6 nitrogen and oxygen atoms in total. The first-order valence-corrected chi connectivity index (χ1v) is 7.54. The molecule has 3 rings (SSSR count). The van der Waals surface area contributed by atoms with Gasteiger partial charge in [-0.3, -0.25) is 4.79 Å². The average Bonchev–Trinajstić information content (AvgIpc) is 3.00. The van der Waals surface area contributed by atoms with Gasteiger partial charge in [-0.1, -0.05) is 29.4 Å². The highest BCUT2D eigenvalue weighted by atomic mass is 16.6.